The fraction of sp³-hybridized carbons (Fsp3) is 0.625. The Bertz CT molecular complexity index is 305. The highest BCUT2D eigenvalue weighted by molar-refractivity contribution is 5.27. The minimum atomic E-state index is 0.597. The molecule has 2 nitrogen and oxygen atoms in total. The number of hydrogen-bond donors (Lipinski definition) is 1. The Labute approximate surface area is 112 Å². The zero-order valence-electron chi connectivity index (χ0n) is 12.0. The standard InChI is InChI=1S/C16H27NO/c1-4-13-18-16-10-8-15(9-11-16)7-5-6-12-17-14(2)3/h8-11,14,17H,4-7,12-13H2,1-3H3. The van der Waals surface area contributed by atoms with E-state index < -0.39 is 0 Å². The molecule has 1 aromatic rings. The molecule has 0 aliphatic heterocycles. The SMILES string of the molecule is CCCOc1ccc(CCCCNC(C)C)cc1. The zero-order valence-corrected chi connectivity index (χ0v) is 12.0. The molecule has 102 valence electrons. The predicted octanol–water partition coefficient (Wildman–Crippen LogP) is 3.80. The molecule has 0 saturated carbocycles. The summed E-state index contributed by atoms with van der Waals surface area (Å²) in [4.78, 5) is 0. The Morgan fingerprint density at radius 2 is 1.83 bits per heavy atom. The van der Waals surface area contributed by atoms with Crippen LogP contribution in [0, 0.1) is 0 Å². The van der Waals surface area contributed by atoms with Crippen molar-refractivity contribution in [3.05, 3.63) is 29.8 Å². The van der Waals surface area contributed by atoms with Crippen LogP contribution in [-0.2, 0) is 6.42 Å². The van der Waals surface area contributed by atoms with Gasteiger partial charge >= 0.3 is 0 Å². The van der Waals surface area contributed by atoms with Gasteiger partial charge in [0.1, 0.15) is 5.75 Å². The van der Waals surface area contributed by atoms with Crippen molar-refractivity contribution in [3.63, 3.8) is 0 Å². The molecule has 1 N–H and O–H groups in total. The number of hydrogen-bond acceptors (Lipinski definition) is 2. The average Bonchev–Trinajstić information content (AvgIpc) is 2.37. The van der Waals surface area contributed by atoms with Crippen molar-refractivity contribution in [2.24, 2.45) is 0 Å². The molecule has 0 fully saturated rings. The maximum Gasteiger partial charge on any atom is 0.119 e. The summed E-state index contributed by atoms with van der Waals surface area (Å²) < 4.78 is 5.57. The van der Waals surface area contributed by atoms with Gasteiger partial charge in [-0.2, -0.15) is 0 Å². The maximum atomic E-state index is 5.57. The maximum absolute atomic E-state index is 5.57. The third-order valence-electron chi connectivity index (χ3n) is 2.84. The van der Waals surface area contributed by atoms with Crippen LogP contribution in [-0.4, -0.2) is 19.2 Å². The van der Waals surface area contributed by atoms with Gasteiger partial charge in [0, 0.05) is 6.04 Å². The van der Waals surface area contributed by atoms with Crippen LogP contribution < -0.4 is 10.1 Å². The molecule has 0 aliphatic rings. The number of nitrogens with one attached hydrogen (secondary N) is 1. The quantitative estimate of drug-likeness (QED) is 0.672. The van der Waals surface area contributed by atoms with Gasteiger partial charge in [-0.15, -0.1) is 0 Å². The monoisotopic (exact) mass is 249 g/mol. The van der Waals surface area contributed by atoms with Gasteiger partial charge < -0.3 is 10.1 Å². The van der Waals surface area contributed by atoms with Gasteiger partial charge in [-0.1, -0.05) is 32.9 Å². The van der Waals surface area contributed by atoms with Crippen molar-refractivity contribution in [1.82, 2.24) is 5.32 Å². The summed E-state index contributed by atoms with van der Waals surface area (Å²) in [6.07, 6.45) is 4.71. The first-order valence-corrected chi connectivity index (χ1v) is 7.17. The Morgan fingerprint density at radius 3 is 2.44 bits per heavy atom. The molecule has 0 saturated heterocycles. The van der Waals surface area contributed by atoms with E-state index in [4.69, 9.17) is 4.74 Å². The summed E-state index contributed by atoms with van der Waals surface area (Å²) in [5.41, 5.74) is 1.41. The lowest BCUT2D eigenvalue weighted by molar-refractivity contribution is 0.317. The summed E-state index contributed by atoms with van der Waals surface area (Å²) >= 11 is 0. The van der Waals surface area contributed by atoms with Crippen molar-refractivity contribution in [1.29, 1.82) is 0 Å². The van der Waals surface area contributed by atoms with Gasteiger partial charge in [-0.25, -0.2) is 0 Å². The van der Waals surface area contributed by atoms with E-state index in [2.05, 4.69) is 50.4 Å². The van der Waals surface area contributed by atoms with Crippen molar-refractivity contribution >= 4 is 0 Å². The van der Waals surface area contributed by atoms with Crippen molar-refractivity contribution in [2.45, 2.75) is 52.5 Å². The molecule has 0 heterocycles. The van der Waals surface area contributed by atoms with E-state index in [1.807, 2.05) is 0 Å². The molecule has 0 spiro atoms. The first kappa shape index (κ1) is 15.0. The first-order valence-electron chi connectivity index (χ1n) is 7.17. The highest BCUT2D eigenvalue weighted by Crippen LogP contribution is 2.14. The number of rotatable bonds is 9. The van der Waals surface area contributed by atoms with Gasteiger partial charge in [0.2, 0.25) is 0 Å². The predicted molar refractivity (Wildman–Crippen MR) is 78.3 cm³/mol. The minimum Gasteiger partial charge on any atom is -0.494 e. The van der Waals surface area contributed by atoms with Crippen LogP contribution in [0.4, 0.5) is 0 Å². The summed E-state index contributed by atoms with van der Waals surface area (Å²) in [5, 5.41) is 3.44. The van der Waals surface area contributed by atoms with Gasteiger partial charge in [-0.3, -0.25) is 0 Å². The van der Waals surface area contributed by atoms with Crippen LogP contribution in [0.5, 0.6) is 5.75 Å². The lowest BCUT2D eigenvalue weighted by Crippen LogP contribution is -2.23. The van der Waals surface area contributed by atoms with Gasteiger partial charge in [-0.05, 0) is 49.9 Å². The van der Waals surface area contributed by atoms with E-state index in [0.717, 1.165) is 31.7 Å². The molecule has 1 aromatic carbocycles. The molecule has 0 bridgehead atoms. The fourth-order valence-corrected chi connectivity index (χ4v) is 1.82. The molecule has 0 amide bonds. The van der Waals surface area contributed by atoms with Gasteiger partial charge in [0.15, 0.2) is 0 Å². The van der Waals surface area contributed by atoms with Crippen molar-refractivity contribution in [2.75, 3.05) is 13.2 Å². The second-order valence-electron chi connectivity index (χ2n) is 5.06. The molecule has 2 heteroatoms. The molecule has 0 unspecified atom stereocenters. The van der Waals surface area contributed by atoms with Crippen LogP contribution in [0.2, 0.25) is 0 Å². The molecular weight excluding hydrogens is 222 g/mol. The van der Waals surface area contributed by atoms with Crippen molar-refractivity contribution in [3.8, 4) is 5.75 Å². The second-order valence-corrected chi connectivity index (χ2v) is 5.06. The third-order valence-corrected chi connectivity index (χ3v) is 2.84. The fourth-order valence-electron chi connectivity index (χ4n) is 1.82. The summed E-state index contributed by atoms with van der Waals surface area (Å²) in [6, 6.07) is 9.12. The van der Waals surface area contributed by atoms with E-state index in [-0.39, 0.29) is 0 Å². The summed E-state index contributed by atoms with van der Waals surface area (Å²) in [7, 11) is 0. The lowest BCUT2D eigenvalue weighted by atomic mass is 10.1. The van der Waals surface area contributed by atoms with E-state index >= 15 is 0 Å². The number of aryl methyl sites for hydroxylation is 1. The topological polar surface area (TPSA) is 21.3 Å². The molecule has 0 atom stereocenters. The van der Waals surface area contributed by atoms with Crippen LogP contribution in [0.1, 0.15) is 45.6 Å². The van der Waals surface area contributed by atoms with E-state index in [9.17, 15) is 0 Å². The van der Waals surface area contributed by atoms with Crippen LogP contribution in [0.15, 0.2) is 24.3 Å². The molecule has 0 aliphatic carbocycles. The number of unbranched alkanes of at least 4 members (excludes halogenated alkanes) is 1. The smallest absolute Gasteiger partial charge is 0.119 e. The van der Waals surface area contributed by atoms with Crippen LogP contribution in [0.25, 0.3) is 0 Å². The highest BCUT2D eigenvalue weighted by atomic mass is 16.5. The number of ether oxygens (including phenoxy) is 1. The molecule has 18 heavy (non-hydrogen) atoms. The van der Waals surface area contributed by atoms with Crippen LogP contribution >= 0.6 is 0 Å². The highest BCUT2D eigenvalue weighted by Gasteiger charge is 1.97. The Kier molecular flexibility index (Phi) is 7.51. The van der Waals surface area contributed by atoms with Crippen molar-refractivity contribution < 1.29 is 4.74 Å². The summed E-state index contributed by atoms with van der Waals surface area (Å²) in [6.45, 7) is 8.43. The molecule has 0 radical (unpaired) electrons. The first-order chi connectivity index (χ1) is 8.72. The summed E-state index contributed by atoms with van der Waals surface area (Å²) in [5.74, 6) is 0.988. The average molecular weight is 249 g/mol. The van der Waals surface area contributed by atoms with Gasteiger partial charge in [0.25, 0.3) is 0 Å². The van der Waals surface area contributed by atoms with Crippen LogP contribution in [0.3, 0.4) is 0 Å². The molecule has 1 rings (SSSR count). The Balaban J connectivity index is 2.18. The number of benzene rings is 1. The molecule has 0 aromatic heterocycles. The van der Waals surface area contributed by atoms with Gasteiger partial charge in [0.05, 0.1) is 6.61 Å². The zero-order chi connectivity index (χ0) is 13.2. The Morgan fingerprint density at radius 1 is 1.11 bits per heavy atom. The van der Waals surface area contributed by atoms with E-state index in [1.54, 1.807) is 0 Å². The second kappa shape index (κ2) is 8.98. The molecular formula is C16H27NO. The Hall–Kier alpha value is -1.02. The van der Waals surface area contributed by atoms with E-state index in [1.165, 1.54) is 18.4 Å². The normalized spacial score (nSPS) is 10.9. The minimum absolute atomic E-state index is 0.597. The lowest BCUT2D eigenvalue weighted by Gasteiger charge is -2.08. The third kappa shape index (κ3) is 6.65. The van der Waals surface area contributed by atoms with E-state index in [0.29, 0.717) is 6.04 Å². The largest absolute Gasteiger partial charge is 0.494 e.